The molecule has 0 N–H and O–H groups in total. The molecule has 0 atom stereocenters. The highest BCUT2D eigenvalue weighted by Gasteiger charge is 2.11. The molecule has 4 nitrogen and oxygen atoms in total. The maximum atomic E-state index is 5.78. The van der Waals surface area contributed by atoms with Gasteiger partial charge >= 0.3 is 0 Å². The van der Waals surface area contributed by atoms with E-state index < -0.39 is 0 Å². The fraction of sp³-hybridized carbons (Fsp3) is 0. The largest absolute Gasteiger partial charge is 0.436 e. The molecular weight excluding hydrogens is 354 g/mol. The van der Waals surface area contributed by atoms with Crippen molar-refractivity contribution >= 4 is 33.1 Å². The molecule has 4 rings (SSSR count). The molecule has 0 bridgehead atoms. The fourth-order valence-corrected chi connectivity index (χ4v) is 2.92. The number of benzene rings is 2. The Bertz CT molecular complexity index is 983. The van der Waals surface area contributed by atoms with Gasteiger partial charge in [0.2, 0.25) is 5.89 Å². The molecule has 0 saturated heterocycles. The van der Waals surface area contributed by atoms with Crippen molar-refractivity contribution < 1.29 is 4.42 Å². The summed E-state index contributed by atoms with van der Waals surface area (Å²) >= 11 is 3.54. The first kappa shape index (κ1) is 14.0. The second-order valence-corrected chi connectivity index (χ2v) is 5.92. The van der Waals surface area contributed by atoms with E-state index in [1.807, 2.05) is 48.7 Å². The highest BCUT2D eigenvalue weighted by atomic mass is 79.9. The van der Waals surface area contributed by atoms with Gasteiger partial charge in [-0.2, -0.15) is 5.10 Å². The lowest BCUT2D eigenvalue weighted by molar-refractivity contribution is 0.620. The lowest BCUT2D eigenvalue weighted by Gasteiger charge is -2.04. The van der Waals surface area contributed by atoms with Crippen molar-refractivity contribution in [2.45, 2.75) is 0 Å². The zero-order chi connectivity index (χ0) is 15.8. The van der Waals surface area contributed by atoms with Gasteiger partial charge in [0.15, 0.2) is 5.58 Å². The normalized spacial score (nSPS) is 11.0. The van der Waals surface area contributed by atoms with Gasteiger partial charge in [0, 0.05) is 10.7 Å². The van der Waals surface area contributed by atoms with Crippen molar-refractivity contribution in [1.29, 1.82) is 0 Å². The van der Waals surface area contributed by atoms with Gasteiger partial charge in [-0.1, -0.05) is 46.8 Å². The van der Waals surface area contributed by atoms with Crippen molar-refractivity contribution in [2.75, 3.05) is 0 Å². The smallest absolute Gasteiger partial charge is 0.230 e. The van der Waals surface area contributed by atoms with Gasteiger partial charge in [-0.15, -0.1) is 0 Å². The Kier molecular flexibility index (Phi) is 3.35. The molecule has 0 saturated carbocycles. The topological polar surface area (TPSA) is 43.9 Å². The standard InChI is InChI=1S/C18H12BrN3O/c1-2-12-7-8-14(9-15(12)19)22-11-13(10-20-22)18-21-16-5-3-4-6-17(16)23-18/h2-11H,1H2. The first-order chi connectivity index (χ1) is 11.2. The molecule has 2 aromatic heterocycles. The highest BCUT2D eigenvalue weighted by Crippen LogP contribution is 2.26. The summed E-state index contributed by atoms with van der Waals surface area (Å²) in [6.07, 6.45) is 5.46. The predicted octanol–water partition coefficient (Wildman–Crippen LogP) is 5.09. The number of fused-ring (bicyclic) bond motifs is 1. The summed E-state index contributed by atoms with van der Waals surface area (Å²) in [5.41, 5.74) is 4.44. The van der Waals surface area contributed by atoms with Crippen LogP contribution in [0.3, 0.4) is 0 Å². The van der Waals surface area contributed by atoms with Crippen LogP contribution in [0.5, 0.6) is 0 Å². The average Bonchev–Trinajstić information content (AvgIpc) is 3.21. The zero-order valence-corrected chi connectivity index (χ0v) is 13.7. The molecule has 0 amide bonds. The Labute approximate surface area is 141 Å². The van der Waals surface area contributed by atoms with E-state index in [2.05, 4.69) is 32.6 Å². The molecule has 112 valence electrons. The monoisotopic (exact) mass is 365 g/mol. The van der Waals surface area contributed by atoms with Crippen molar-refractivity contribution in [1.82, 2.24) is 14.8 Å². The summed E-state index contributed by atoms with van der Waals surface area (Å²) in [6.45, 7) is 3.79. The number of nitrogens with zero attached hydrogens (tertiary/aromatic N) is 3. The van der Waals surface area contributed by atoms with E-state index in [0.29, 0.717) is 5.89 Å². The molecule has 23 heavy (non-hydrogen) atoms. The first-order valence-corrected chi connectivity index (χ1v) is 7.87. The Morgan fingerprint density at radius 2 is 2.04 bits per heavy atom. The van der Waals surface area contributed by atoms with E-state index in [-0.39, 0.29) is 0 Å². The number of para-hydroxylation sites is 2. The molecule has 0 fully saturated rings. The van der Waals surface area contributed by atoms with E-state index in [9.17, 15) is 0 Å². The van der Waals surface area contributed by atoms with E-state index in [1.54, 1.807) is 17.0 Å². The fourth-order valence-electron chi connectivity index (χ4n) is 2.39. The SMILES string of the molecule is C=Cc1ccc(-n2cc(-c3nc4ccccc4o3)cn2)cc1Br. The Morgan fingerprint density at radius 3 is 2.83 bits per heavy atom. The minimum absolute atomic E-state index is 0.569. The molecule has 0 aliphatic heterocycles. The van der Waals surface area contributed by atoms with Gasteiger partial charge in [0.05, 0.1) is 17.4 Å². The van der Waals surface area contributed by atoms with Crippen LogP contribution in [0.15, 0.2) is 70.3 Å². The zero-order valence-electron chi connectivity index (χ0n) is 12.1. The van der Waals surface area contributed by atoms with Crippen LogP contribution in [0.2, 0.25) is 0 Å². The molecular formula is C18H12BrN3O. The van der Waals surface area contributed by atoms with Crippen LogP contribution in [0.4, 0.5) is 0 Å². The van der Waals surface area contributed by atoms with Crippen molar-refractivity contribution in [3.63, 3.8) is 0 Å². The summed E-state index contributed by atoms with van der Waals surface area (Å²) < 4.78 is 8.55. The van der Waals surface area contributed by atoms with Gasteiger partial charge < -0.3 is 4.42 Å². The molecule has 0 unspecified atom stereocenters. The van der Waals surface area contributed by atoms with Crippen LogP contribution in [-0.2, 0) is 0 Å². The molecule has 2 heterocycles. The number of hydrogen-bond donors (Lipinski definition) is 0. The lowest BCUT2D eigenvalue weighted by atomic mass is 10.2. The predicted molar refractivity (Wildman–Crippen MR) is 94.4 cm³/mol. The number of oxazole rings is 1. The van der Waals surface area contributed by atoms with Crippen molar-refractivity contribution in [2.24, 2.45) is 0 Å². The molecule has 0 radical (unpaired) electrons. The summed E-state index contributed by atoms with van der Waals surface area (Å²) in [5, 5.41) is 4.40. The number of aromatic nitrogens is 3. The minimum Gasteiger partial charge on any atom is -0.436 e. The third kappa shape index (κ3) is 2.49. The Morgan fingerprint density at radius 1 is 1.17 bits per heavy atom. The van der Waals surface area contributed by atoms with Gasteiger partial charge in [0.25, 0.3) is 0 Å². The van der Waals surface area contributed by atoms with E-state index in [1.165, 1.54) is 0 Å². The Hall–Kier alpha value is -2.66. The summed E-state index contributed by atoms with van der Waals surface area (Å²) in [6, 6.07) is 13.7. The molecule has 4 aromatic rings. The average molecular weight is 366 g/mol. The molecule has 2 aromatic carbocycles. The summed E-state index contributed by atoms with van der Waals surface area (Å²) in [7, 11) is 0. The van der Waals surface area contributed by atoms with E-state index >= 15 is 0 Å². The lowest BCUT2D eigenvalue weighted by Crippen LogP contribution is -1.94. The van der Waals surface area contributed by atoms with Crippen LogP contribution in [0.1, 0.15) is 5.56 Å². The Balaban J connectivity index is 1.73. The van der Waals surface area contributed by atoms with Gasteiger partial charge in [-0.3, -0.25) is 0 Å². The second-order valence-electron chi connectivity index (χ2n) is 5.07. The summed E-state index contributed by atoms with van der Waals surface area (Å²) in [5.74, 6) is 0.569. The maximum absolute atomic E-state index is 5.78. The molecule has 0 aliphatic carbocycles. The molecule has 0 aliphatic rings. The number of hydrogen-bond acceptors (Lipinski definition) is 3. The van der Waals surface area contributed by atoms with Crippen molar-refractivity contribution in [3.8, 4) is 17.1 Å². The quantitative estimate of drug-likeness (QED) is 0.508. The minimum atomic E-state index is 0.569. The molecule has 5 heteroatoms. The third-order valence-corrected chi connectivity index (χ3v) is 4.28. The van der Waals surface area contributed by atoms with Crippen LogP contribution >= 0.6 is 15.9 Å². The van der Waals surface area contributed by atoms with E-state index in [4.69, 9.17) is 4.42 Å². The van der Waals surface area contributed by atoms with E-state index in [0.717, 1.165) is 32.4 Å². The van der Waals surface area contributed by atoms with Crippen LogP contribution < -0.4 is 0 Å². The molecule has 0 spiro atoms. The highest BCUT2D eigenvalue weighted by molar-refractivity contribution is 9.10. The maximum Gasteiger partial charge on any atom is 0.230 e. The second kappa shape index (κ2) is 5.52. The van der Waals surface area contributed by atoms with Gasteiger partial charge in [-0.25, -0.2) is 9.67 Å². The van der Waals surface area contributed by atoms with Crippen LogP contribution in [0, 0.1) is 0 Å². The van der Waals surface area contributed by atoms with Gasteiger partial charge in [0.1, 0.15) is 5.52 Å². The number of halogens is 1. The first-order valence-electron chi connectivity index (χ1n) is 7.07. The van der Waals surface area contributed by atoms with Crippen LogP contribution in [-0.4, -0.2) is 14.8 Å². The third-order valence-electron chi connectivity index (χ3n) is 3.59. The van der Waals surface area contributed by atoms with Crippen molar-refractivity contribution in [3.05, 3.63) is 71.5 Å². The summed E-state index contributed by atoms with van der Waals surface area (Å²) in [4.78, 5) is 4.49. The van der Waals surface area contributed by atoms with Crippen LogP contribution in [0.25, 0.3) is 34.3 Å². The van der Waals surface area contributed by atoms with Gasteiger partial charge in [-0.05, 0) is 29.8 Å². The number of rotatable bonds is 3.